The zero-order valence-electron chi connectivity index (χ0n) is 13.2. The van der Waals surface area contributed by atoms with Crippen molar-refractivity contribution in [2.75, 3.05) is 5.75 Å². The summed E-state index contributed by atoms with van der Waals surface area (Å²) in [6.07, 6.45) is 1.45. The summed E-state index contributed by atoms with van der Waals surface area (Å²) in [5.74, 6) is -1.18. The zero-order chi connectivity index (χ0) is 16.5. The zero-order valence-corrected chi connectivity index (χ0v) is 14.0. The maximum Gasteiger partial charge on any atom is 0.322 e. The van der Waals surface area contributed by atoms with Crippen molar-refractivity contribution < 1.29 is 18.3 Å². The Morgan fingerprint density at radius 3 is 2.18 bits per heavy atom. The summed E-state index contributed by atoms with van der Waals surface area (Å²) in [4.78, 5) is 11.3. The van der Waals surface area contributed by atoms with Crippen molar-refractivity contribution in [3.05, 3.63) is 35.4 Å². The second kappa shape index (κ2) is 6.01. The van der Waals surface area contributed by atoms with Crippen LogP contribution in [-0.4, -0.2) is 31.3 Å². The molecule has 2 N–H and O–H groups in total. The van der Waals surface area contributed by atoms with E-state index in [0.29, 0.717) is 0 Å². The van der Waals surface area contributed by atoms with Gasteiger partial charge in [-0.3, -0.25) is 4.79 Å². The summed E-state index contributed by atoms with van der Waals surface area (Å²) in [6.45, 7) is 5.12. The topological polar surface area (TPSA) is 83.5 Å². The van der Waals surface area contributed by atoms with E-state index < -0.39 is 27.4 Å². The molecule has 0 fully saturated rings. The van der Waals surface area contributed by atoms with Crippen LogP contribution in [0.4, 0.5) is 0 Å². The molecular formula is C16H23NO4S. The first-order chi connectivity index (χ1) is 10.1. The van der Waals surface area contributed by atoms with Crippen LogP contribution in [-0.2, 0) is 27.7 Å². The average Bonchev–Trinajstić information content (AvgIpc) is 2.75. The minimum Gasteiger partial charge on any atom is -0.480 e. The molecule has 6 heteroatoms. The van der Waals surface area contributed by atoms with Gasteiger partial charge in [-0.25, -0.2) is 13.1 Å². The number of carboxylic acid groups (broad SMARTS) is 1. The number of aliphatic carboxylic acids is 1. The number of fused-ring (bicyclic) bond motifs is 1. The molecule has 5 nitrogen and oxygen atoms in total. The SMILES string of the molecule is CC(C)(C)[C@@H](NS(=O)(=O)CC1Cc2ccccc2C1)C(=O)O. The van der Waals surface area contributed by atoms with Gasteiger partial charge >= 0.3 is 5.97 Å². The van der Waals surface area contributed by atoms with Crippen LogP contribution in [0.15, 0.2) is 24.3 Å². The number of carbonyl (C=O) groups is 1. The molecule has 0 amide bonds. The van der Waals surface area contributed by atoms with E-state index in [1.54, 1.807) is 20.8 Å². The van der Waals surface area contributed by atoms with Gasteiger partial charge in [0.25, 0.3) is 0 Å². The van der Waals surface area contributed by atoms with Crippen LogP contribution in [0, 0.1) is 11.3 Å². The Morgan fingerprint density at radius 1 is 1.27 bits per heavy atom. The van der Waals surface area contributed by atoms with Gasteiger partial charge in [-0.05, 0) is 35.3 Å². The smallest absolute Gasteiger partial charge is 0.322 e. The third-order valence-corrected chi connectivity index (χ3v) is 5.51. The molecule has 0 aliphatic heterocycles. The normalized spacial score (nSPS) is 17.2. The molecule has 1 atom stereocenters. The number of benzene rings is 1. The molecule has 0 aromatic heterocycles. The highest BCUT2D eigenvalue weighted by Gasteiger charge is 2.36. The number of hydrogen-bond acceptors (Lipinski definition) is 3. The van der Waals surface area contributed by atoms with Crippen LogP contribution in [0.5, 0.6) is 0 Å². The number of carboxylic acids is 1. The van der Waals surface area contributed by atoms with Gasteiger partial charge in [0.2, 0.25) is 10.0 Å². The quantitative estimate of drug-likeness (QED) is 0.865. The summed E-state index contributed by atoms with van der Waals surface area (Å²) < 4.78 is 27.0. The molecule has 0 radical (unpaired) electrons. The Labute approximate surface area is 131 Å². The van der Waals surface area contributed by atoms with Crippen molar-refractivity contribution >= 4 is 16.0 Å². The predicted molar refractivity (Wildman–Crippen MR) is 85.1 cm³/mol. The lowest BCUT2D eigenvalue weighted by Crippen LogP contribution is -2.50. The highest BCUT2D eigenvalue weighted by atomic mass is 32.2. The standard InChI is InChI=1S/C16H23NO4S/c1-16(2,3)14(15(18)19)17-22(20,21)10-11-8-12-6-4-5-7-13(12)9-11/h4-7,11,14,17H,8-10H2,1-3H3,(H,18,19)/t14-/m0/s1. The maximum atomic E-state index is 12.3. The minimum atomic E-state index is -3.64. The van der Waals surface area contributed by atoms with E-state index in [-0.39, 0.29) is 11.7 Å². The van der Waals surface area contributed by atoms with Gasteiger partial charge in [0.1, 0.15) is 6.04 Å². The van der Waals surface area contributed by atoms with E-state index in [2.05, 4.69) is 4.72 Å². The lowest BCUT2D eigenvalue weighted by molar-refractivity contribution is -0.141. The van der Waals surface area contributed by atoms with Gasteiger partial charge in [0, 0.05) is 0 Å². The van der Waals surface area contributed by atoms with Crippen LogP contribution in [0.2, 0.25) is 0 Å². The Balaban J connectivity index is 2.05. The van der Waals surface area contributed by atoms with Crippen LogP contribution >= 0.6 is 0 Å². The van der Waals surface area contributed by atoms with Gasteiger partial charge in [-0.1, -0.05) is 45.0 Å². The van der Waals surface area contributed by atoms with Crippen molar-refractivity contribution in [3.63, 3.8) is 0 Å². The number of sulfonamides is 1. The fourth-order valence-corrected chi connectivity index (χ4v) is 4.67. The van der Waals surface area contributed by atoms with E-state index >= 15 is 0 Å². The predicted octanol–water partition coefficient (Wildman–Crippen LogP) is 1.82. The second-order valence-corrected chi connectivity index (χ2v) is 8.88. The van der Waals surface area contributed by atoms with Crippen LogP contribution in [0.3, 0.4) is 0 Å². The molecule has 1 aromatic rings. The lowest BCUT2D eigenvalue weighted by Gasteiger charge is -2.28. The first-order valence-electron chi connectivity index (χ1n) is 7.38. The van der Waals surface area contributed by atoms with Crippen LogP contribution < -0.4 is 4.72 Å². The molecule has 0 unspecified atom stereocenters. The lowest BCUT2D eigenvalue weighted by atomic mass is 9.88. The molecule has 2 rings (SSSR count). The summed E-state index contributed by atoms with van der Waals surface area (Å²) in [6, 6.07) is 6.82. The van der Waals surface area contributed by atoms with Crippen molar-refractivity contribution in [2.45, 2.75) is 39.7 Å². The highest BCUT2D eigenvalue weighted by Crippen LogP contribution is 2.28. The molecule has 0 saturated carbocycles. The monoisotopic (exact) mass is 325 g/mol. The largest absolute Gasteiger partial charge is 0.480 e. The number of nitrogens with one attached hydrogen (secondary N) is 1. The van der Waals surface area contributed by atoms with Crippen LogP contribution in [0.25, 0.3) is 0 Å². The molecule has 0 spiro atoms. The molecule has 0 saturated heterocycles. The Bertz CT molecular complexity index is 636. The van der Waals surface area contributed by atoms with E-state index in [4.69, 9.17) is 0 Å². The number of rotatable bonds is 5. The first kappa shape index (κ1) is 17.0. The Morgan fingerprint density at radius 2 is 1.77 bits per heavy atom. The van der Waals surface area contributed by atoms with Crippen LogP contribution in [0.1, 0.15) is 31.9 Å². The summed E-state index contributed by atoms with van der Waals surface area (Å²) in [5, 5.41) is 9.25. The maximum absolute atomic E-state index is 12.3. The molecule has 1 aromatic carbocycles. The molecule has 1 aliphatic carbocycles. The molecule has 22 heavy (non-hydrogen) atoms. The van der Waals surface area contributed by atoms with Crippen molar-refractivity contribution in [1.29, 1.82) is 0 Å². The van der Waals surface area contributed by atoms with Gasteiger partial charge in [-0.15, -0.1) is 0 Å². The van der Waals surface area contributed by atoms with Crippen molar-refractivity contribution in [3.8, 4) is 0 Å². The third-order valence-electron chi connectivity index (χ3n) is 4.00. The van der Waals surface area contributed by atoms with E-state index in [1.807, 2.05) is 24.3 Å². The van der Waals surface area contributed by atoms with E-state index in [9.17, 15) is 18.3 Å². The molecule has 0 heterocycles. The van der Waals surface area contributed by atoms with Crippen molar-refractivity contribution in [1.82, 2.24) is 4.72 Å². The van der Waals surface area contributed by atoms with Gasteiger partial charge in [-0.2, -0.15) is 0 Å². The number of hydrogen-bond donors (Lipinski definition) is 2. The average molecular weight is 325 g/mol. The fraction of sp³-hybridized carbons (Fsp3) is 0.562. The molecule has 0 bridgehead atoms. The van der Waals surface area contributed by atoms with E-state index in [0.717, 1.165) is 12.8 Å². The van der Waals surface area contributed by atoms with Gasteiger partial charge in [0.05, 0.1) is 5.75 Å². The highest BCUT2D eigenvalue weighted by molar-refractivity contribution is 7.89. The second-order valence-electron chi connectivity index (χ2n) is 7.08. The van der Waals surface area contributed by atoms with Gasteiger partial charge < -0.3 is 5.11 Å². The summed E-state index contributed by atoms with van der Waals surface area (Å²) in [7, 11) is -3.64. The van der Waals surface area contributed by atoms with Crippen molar-refractivity contribution in [2.24, 2.45) is 11.3 Å². The molecule has 1 aliphatic rings. The Hall–Kier alpha value is -1.40. The summed E-state index contributed by atoms with van der Waals surface area (Å²) >= 11 is 0. The Kier molecular flexibility index (Phi) is 4.63. The third kappa shape index (κ3) is 4.08. The molecular weight excluding hydrogens is 302 g/mol. The van der Waals surface area contributed by atoms with E-state index in [1.165, 1.54) is 11.1 Å². The fourth-order valence-electron chi connectivity index (χ4n) is 2.90. The first-order valence-corrected chi connectivity index (χ1v) is 9.03. The minimum absolute atomic E-state index is 0.00399. The molecule has 122 valence electrons. The summed E-state index contributed by atoms with van der Waals surface area (Å²) in [5.41, 5.74) is 1.69. The van der Waals surface area contributed by atoms with Gasteiger partial charge in [0.15, 0.2) is 0 Å².